The van der Waals surface area contributed by atoms with Gasteiger partial charge in [-0.3, -0.25) is 14.7 Å². The van der Waals surface area contributed by atoms with E-state index < -0.39 is 0 Å². The van der Waals surface area contributed by atoms with E-state index in [0.29, 0.717) is 16.6 Å². The van der Waals surface area contributed by atoms with Crippen molar-refractivity contribution in [2.24, 2.45) is 0 Å². The Labute approximate surface area is 209 Å². The third kappa shape index (κ3) is 4.57. The fraction of sp³-hybridized carbons (Fsp3) is 0.286. The van der Waals surface area contributed by atoms with Gasteiger partial charge in [-0.1, -0.05) is 48.0 Å². The molecule has 2 unspecified atom stereocenters. The second-order valence-electron chi connectivity index (χ2n) is 9.33. The number of aromatic nitrogens is 2. The summed E-state index contributed by atoms with van der Waals surface area (Å²) in [6.07, 6.45) is 7.58. The topological polar surface area (TPSA) is 73.6 Å². The Balaban J connectivity index is 1.24. The molecule has 35 heavy (non-hydrogen) atoms. The van der Waals surface area contributed by atoms with Gasteiger partial charge in [0.15, 0.2) is 5.78 Å². The van der Waals surface area contributed by atoms with Gasteiger partial charge < -0.3 is 15.0 Å². The number of nitrogens with one attached hydrogen (secondary N) is 2. The average molecular weight is 487 g/mol. The highest BCUT2D eigenvalue weighted by Gasteiger charge is 2.40. The van der Waals surface area contributed by atoms with Crippen LogP contribution >= 0.6 is 11.6 Å². The molecule has 2 fully saturated rings. The summed E-state index contributed by atoms with van der Waals surface area (Å²) in [6, 6.07) is 18.1. The van der Waals surface area contributed by atoms with Crippen molar-refractivity contribution in [2.45, 2.75) is 31.0 Å². The smallest absolute Gasteiger partial charge is 0.193 e. The summed E-state index contributed by atoms with van der Waals surface area (Å²) in [5.74, 6) is 0.0204. The zero-order valence-corrected chi connectivity index (χ0v) is 20.0. The van der Waals surface area contributed by atoms with Crippen LogP contribution in [0, 0.1) is 0 Å². The lowest BCUT2D eigenvalue weighted by molar-refractivity contribution is 0.102. The number of hydrogen-bond donors (Lipinski definition) is 2. The number of H-pyrrole nitrogens is 1. The molecule has 2 N–H and O–H groups in total. The van der Waals surface area contributed by atoms with Gasteiger partial charge in [-0.15, -0.1) is 0 Å². The van der Waals surface area contributed by atoms with Gasteiger partial charge in [-0.2, -0.15) is 0 Å². The molecule has 2 aromatic heterocycles. The molecule has 0 bridgehead atoms. The number of pyridine rings is 1. The molecule has 178 valence electrons. The van der Waals surface area contributed by atoms with Gasteiger partial charge in [0.05, 0.1) is 23.4 Å². The first-order valence-electron chi connectivity index (χ1n) is 12.1. The number of hydrogen-bond acceptors (Lipinski definition) is 5. The van der Waals surface area contributed by atoms with Crippen molar-refractivity contribution < 1.29 is 9.53 Å². The molecule has 0 aliphatic carbocycles. The number of anilines is 1. The summed E-state index contributed by atoms with van der Waals surface area (Å²) in [5.41, 5.74) is 4.36. The second-order valence-corrected chi connectivity index (χ2v) is 9.73. The molecule has 7 heteroatoms. The van der Waals surface area contributed by atoms with E-state index in [1.807, 2.05) is 48.7 Å². The lowest BCUT2D eigenvalue weighted by Crippen LogP contribution is -2.43. The third-order valence-corrected chi connectivity index (χ3v) is 7.40. The molecule has 2 aliphatic heterocycles. The van der Waals surface area contributed by atoms with Crippen molar-refractivity contribution in [2.75, 3.05) is 25.0 Å². The summed E-state index contributed by atoms with van der Waals surface area (Å²) in [6.45, 7) is 2.61. The number of aromatic amines is 1. The Morgan fingerprint density at radius 1 is 1.14 bits per heavy atom. The molecule has 2 aromatic carbocycles. The summed E-state index contributed by atoms with van der Waals surface area (Å²) in [7, 11) is 0. The van der Waals surface area contributed by atoms with E-state index in [9.17, 15) is 4.79 Å². The minimum Gasteiger partial charge on any atom is -0.381 e. The first-order chi connectivity index (χ1) is 17.2. The number of nitrogens with zero attached hydrogens (tertiary/aromatic N) is 2. The van der Waals surface area contributed by atoms with Gasteiger partial charge in [-0.25, -0.2) is 0 Å². The first kappa shape index (κ1) is 22.3. The zero-order valence-electron chi connectivity index (χ0n) is 19.3. The first-order valence-corrected chi connectivity index (χ1v) is 12.5. The number of ketones is 1. The van der Waals surface area contributed by atoms with Crippen LogP contribution in [0.15, 0.2) is 73.2 Å². The maximum absolute atomic E-state index is 13.7. The third-order valence-electron chi connectivity index (χ3n) is 7.08. The van der Waals surface area contributed by atoms with Crippen LogP contribution in [0.3, 0.4) is 0 Å². The lowest BCUT2D eigenvalue weighted by atomic mass is 9.90. The normalized spacial score (nSPS) is 19.5. The minimum absolute atomic E-state index is 0.0204. The highest BCUT2D eigenvalue weighted by molar-refractivity contribution is 6.35. The summed E-state index contributed by atoms with van der Waals surface area (Å²) < 4.78 is 5.81. The molecule has 6 rings (SSSR count). The van der Waals surface area contributed by atoms with E-state index in [0.717, 1.165) is 60.3 Å². The van der Waals surface area contributed by atoms with Crippen LogP contribution in [0.1, 0.15) is 40.4 Å². The lowest BCUT2D eigenvalue weighted by Gasteiger charge is -2.38. The van der Waals surface area contributed by atoms with Gasteiger partial charge in [0, 0.05) is 59.8 Å². The number of ether oxygens (including phenoxy) is 1. The molecule has 4 heterocycles. The van der Waals surface area contributed by atoms with E-state index in [-0.39, 0.29) is 17.9 Å². The van der Waals surface area contributed by atoms with Crippen LogP contribution in [-0.4, -0.2) is 52.5 Å². The van der Waals surface area contributed by atoms with Crippen molar-refractivity contribution in [3.05, 3.63) is 94.9 Å². The highest BCUT2D eigenvalue weighted by atomic mass is 35.5. The zero-order chi connectivity index (χ0) is 23.8. The Morgan fingerprint density at radius 3 is 2.74 bits per heavy atom. The van der Waals surface area contributed by atoms with E-state index in [1.165, 1.54) is 0 Å². The molecule has 2 aliphatic rings. The van der Waals surface area contributed by atoms with E-state index in [2.05, 4.69) is 32.3 Å². The SMILES string of the molecule is O=C(c1ccc2c(Cl)c[nH]c2c1)c1ccccc1C(C1CO1)N1CCC(Nc2cccnc2)CC1. The Bertz CT molecular complexity index is 1340. The monoisotopic (exact) mass is 486 g/mol. The van der Waals surface area contributed by atoms with Gasteiger partial charge in [0.25, 0.3) is 0 Å². The minimum atomic E-state index is 0.0204. The molecule has 4 aromatic rings. The average Bonchev–Trinajstić information content (AvgIpc) is 3.67. The van der Waals surface area contributed by atoms with Crippen LogP contribution in [0.4, 0.5) is 5.69 Å². The molecular formula is C28H27ClN4O2. The number of carbonyl (C=O) groups is 1. The predicted octanol–water partition coefficient (Wildman–Crippen LogP) is 5.46. The van der Waals surface area contributed by atoms with Crippen LogP contribution in [0.2, 0.25) is 5.02 Å². The molecule has 0 saturated carbocycles. The highest BCUT2D eigenvalue weighted by Crippen LogP contribution is 2.37. The van der Waals surface area contributed by atoms with Crippen LogP contribution in [0.25, 0.3) is 10.9 Å². The van der Waals surface area contributed by atoms with E-state index in [1.54, 1.807) is 12.4 Å². The van der Waals surface area contributed by atoms with Crippen LogP contribution in [-0.2, 0) is 4.74 Å². The predicted molar refractivity (Wildman–Crippen MR) is 138 cm³/mol. The maximum Gasteiger partial charge on any atom is 0.193 e. The molecule has 0 amide bonds. The van der Waals surface area contributed by atoms with Crippen molar-refractivity contribution in [1.29, 1.82) is 0 Å². The number of benzene rings is 2. The summed E-state index contributed by atoms with van der Waals surface area (Å²) >= 11 is 6.23. The number of halogens is 1. The molecule has 6 nitrogen and oxygen atoms in total. The molecule has 2 atom stereocenters. The molecule has 2 saturated heterocycles. The van der Waals surface area contributed by atoms with Crippen LogP contribution in [0.5, 0.6) is 0 Å². The van der Waals surface area contributed by atoms with Crippen molar-refractivity contribution >= 4 is 34.0 Å². The maximum atomic E-state index is 13.7. The fourth-order valence-electron chi connectivity index (χ4n) is 5.22. The number of likely N-dealkylation sites (tertiary alicyclic amines) is 1. The van der Waals surface area contributed by atoms with E-state index in [4.69, 9.17) is 16.3 Å². The second kappa shape index (κ2) is 9.46. The molecule has 0 spiro atoms. The standard InChI is InChI=1S/C28H27ClN4O2/c29-24-16-31-25-14-18(7-8-23(24)25)28(34)22-6-2-1-5-21(22)27(26-17-35-26)33-12-9-19(10-13-33)32-20-4-3-11-30-15-20/h1-8,11,14-16,19,26-27,31-32H,9-10,12-13,17H2. The van der Waals surface area contributed by atoms with Gasteiger partial charge >= 0.3 is 0 Å². The largest absolute Gasteiger partial charge is 0.381 e. The fourth-order valence-corrected chi connectivity index (χ4v) is 5.44. The van der Waals surface area contributed by atoms with Crippen molar-refractivity contribution in [3.63, 3.8) is 0 Å². The van der Waals surface area contributed by atoms with E-state index >= 15 is 0 Å². The number of fused-ring (bicyclic) bond motifs is 1. The number of epoxide rings is 1. The molecule has 0 radical (unpaired) electrons. The van der Waals surface area contributed by atoms with Crippen molar-refractivity contribution in [1.82, 2.24) is 14.9 Å². The number of rotatable bonds is 7. The van der Waals surface area contributed by atoms with Gasteiger partial charge in [-0.05, 0) is 36.6 Å². The van der Waals surface area contributed by atoms with Crippen LogP contribution < -0.4 is 5.32 Å². The Morgan fingerprint density at radius 2 is 1.97 bits per heavy atom. The number of carbonyl (C=O) groups excluding carboxylic acids is 1. The number of piperidine rings is 1. The Hall–Kier alpha value is -3.19. The summed E-state index contributed by atoms with van der Waals surface area (Å²) in [4.78, 5) is 23.5. The summed E-state index contributed by atoms with van der Waals surface area (Å²) in [5, 5.41) is 5.18. The van der Waals surface area contributed by atoms with Gasteiger partial charge in [0.2, 0.25) is 0 Å². The quantitative estimate of drug-likeness (QED) is 0.268. The molecular weight excluding hydrogens is 460 g/mol. The Kier molecular flexibility index (Phi) is 6.02. The van der Waals surface area contributed by atoms with Gasteiger partial charge in [0.1, 0.15) is 6.10 Å². The van der Waals surface area contributed by atoms with Crippen molar-refractivity contribution in [3.8, 4) is 0 Å².